The third-order valence-corrected chi connectivity index (χ3v) is 4.43. The van der Waals surface area contributed by atoms with E-state index in [-0.39, 0.29) is 0 Å². The molecule has 0 spiro atoms. The first kappa shape index (κ1) is 12.3. The molecule has 1 aliphatic carbocycles. The molecule has 2 aromatic rings. The second-order valence-electron chi connectivity index (χ2n) is 5.44. The van der Waals surface area contributed by atoms with E-state index in [1.54, 1.807) is 6.20 Å². The third-order valence-electron chi connectivity index (χ3n) is 4.43. The van der Waals surface area contributed by atoms with E-state index in [4.69, 9.17) is 0 Å². The molecular formula is C14H21N5. The van der Waals surface area contributed by atoms with Crippen molar-refractivity contribution in [1.29, 1.82) is 0 Å². The molecule has 2 N–H and O–H groups in total. The summed E-state index contributed by atoms with van der Waals surface area (Å²) in [6.07, 6.45) is 10.9. The van der Waals surface area contributed by atoms with Crippen molar-refractivity contribution in [3.8, 4) is 0 Å². The van der Waals surface area contributed by atoms with Crippen LogP contribution in [0.3, 0.4) is 0 Å². The first-order chi connectivity index (χ1) is 9.26. The van der Waals surface area contributed by atoms with E-state index in [9.17, 15) is 0 Å². The van der Waals surface area contributed by atoms with Gasteiger partial charge in [0.25, 0.3) is 0 Å². The van der Waals surface area contributed by atoms with Crippen molar-refractivity contribution in [3.05, 3.63) is 18.6 Å². The van der Waals surface area contributed by atoms with Crippen molar-refractivity contribution < 1.29 is 0 Å². The minimum Gasteiger partial charge on any atom is -0.372 e. The van der Waals surface area contributed by atoms with E-state index in [1.165, 1.54) is 25.7 Å². The first-order valence-corrected chi connectivity index (χ1v) is 7.02. The Hall–Kier alpha value is -1.78. The van der Waals surface area contributed by atoms with Crippen LogP contribution in [-0.2, 0) is 0 Å². The monoisotopic (exact) mass is 259 g/mol. The summed E-state index contributed by atoms with van der Waals surface area (Å²) in [6.45, 7) is 3.27. The number of aromatic nitrogens is 3. The van der Waals surface area contributed by atoms with Crippen molar-refractivity contribution in [2.45, 2.75) is 32.6 Å². The normalized spacial score (nSPS) is 17.2. The predicted molar refractivity (Wildman–Crippen MR) is 77.6 cm³/mol. The van der Waals surface area contributed by atoms with Crippen molar-refractivity contribution in [2.24, 2.45) is 5.41 Å². The van der Waals surface area contributed by atoms with Gasteiger partial charge in [0.15, 0.2) is 11.5 Å². The van der Waals surface area contributed by atoms with Gasteiger partial charge >= 0.3 is 0 Å². The van der Waals surface area contributed by atoms with Crippen molar-refractivity contribution in [2.75, 3.05) is 24.2 Å². The van der Waals surface area contributed by atoms with E-state index in [0.29, 0.717) is 5.41 Å². The van der Waals surface area contributed by atoms with Crippen LogP contribution >= 0.6 is 0 Å². The number of nitrogens with zero attached hydrogens (tertiary/aromatic N) is 3. The van der Waals surface area contributed by atoms with Crippen LogP contribution in [0.1, 0.15) is 32.6 Å². The lowest BCUT2D eigenvalue weighted by atomic mass is 9.67. The Morgan fingerprint density at radius 1 is 1.42 bits per heavy atom. The molecule has 1 aliphatic rings. The summed E-state index contributed by atoms with van der Waals surface area (Å²) in [6, 6.07) is 0. The lowest BCUT2D eigenvalue weighted by Crippen LogP contribution is -2.36. The highest BCUT2D eigenvalue weighted by molar-refractivity contribution is 5.65. The van der Waals surface area contributed by atoms with Gasteiger partial charge < -0.3 is 15.0 Å². The van der Waals surface area contributed by atoms with Crippen LogP contribution in [0.25, 0.3) is 5.65 Å². The molecule has 19 heavy (non-hydrogen) atoms. The molecule has 0 aromatic carbocycles. The summed E-state index contributed by atoms with van der Waals surface area (Å²) in [5.41, 5.74) is 1.37. The van der Waals surface area contributed by atoms with Gasteiger partial charge in [-0.25, -0.2) is 9.97 Å². The fourth-order valence-corrected chi connectivity index (χ4v) is 2.77. The quantitative estimate of drug-likeness (QED) is 0.867. The topological polar surface area (TPSA) is 54.2 Å². The number of hydrogen-bond donors (Lipinski definition) is 2. The average molecular weight is 259 g/mol. The highest BCUT2D eigenvalue weighted by atomic mass is 15.1. The Kier molecular flexibility index (Phi) is 3.05. The van der Waals surface area contributed by atoms with Crippen LogP contribution in [0.15, 0.2) is 18.6 Å². The van der Waals surface area contributed by atoms with E-state index in [2.05, 4.69) is 27.5 Å². The Bertz CT molecular complexity index is 565. The Morgan fingerprint density at radius 3 is 2.89 bits per heavy atom. The standard InChI is InChI=1S/C14H21N5/c1-3-14(5-4-6-14)10-17-12-13-16-7-8-19(13)9-11(15-2)18-12/h7-9,15H,3-6,10H2,1-2H3,(H,17,18). The maximum absolute atomic E-state index is 4.58. The highest BCUT2D eigenvalue weighted by Gasteiger charge is 2.34. The predicted octanol–water partition coefficient (Wildman–Crippen LogP) is 2.76. The van der Waals surface area contributed by atoms with Gasteiger partial charge in [0.2, 0.25) is 0 Å². The molecule has 1 saturated carbocycles. The van der Waals surface area contributed by atoms with E-state index in [0.717, 1.165) is 23.8 Å². The van der Waals surface area contributed by atoms with Gasteiger partial charge in [0, 0.05) is 26.0 Å². The fraction of sp³-hybridized carbons (Fsp3) is 0.571. The summed E-state index contributed by atoms with van der Waals surface area (Å²) in [5.74, 6) is 1.73. The summed E-state index contributed by atoms with van der Waals surface area (Å²) in [7, 11) is 1.88. The number of hydrogen-bond acceptors (Lipinski definition) is 4. The summed E-state index contributed by atoms with van der Waals surface area (Å²) in [5, 5.41) is 6.60. The molecule has 0 atom stereocenters. The summed E-state index contributed by atoms with van der Waals surface area (Å²) in [4.78, 5) is 8.96. The lowest BCUT2D eigenvalue weighted by molar-refractivity contribution is 0.145. The Labute approximate surface area is 113 Å². The molecule has 0 saturated heterocycles. The largest absolute Gasteiger partial charge is 0.372 e. The molecule has 0 bridgehead atoms. The number of nitrogens with one attached hydrogen (secondary N) is 2. The minimum absolute atomic E-state index is 0.473. The number of rotatable bonds is 5. The highest BCUT2D eigenvalue weighted by Crippen LogP contribution is 2.43. The van der Waals surface area contributed by atoms with Crippen LogP contribution in [0.4, 0.5) is 11.6 Å². The molecule has 102 valence electrons. The Morgan fingerprint density at radius 2 is 2.26 bits per heavy atom. The van der Waals surface area contributed by atoms with Crippen LogP contribution in [0.2, 0.25) is 0 Å². The van der Waals surface area contributed by atoms with Crippen LogP contribution in [0, 0.1) is 5.41 Å². The second-order valence-corrected chi connectivity index (χ2v) is 5.44. The number of anilines is 2. The smallest absolute Gasteiger partial charge is 0.180 e. The molecule has 2 heterocycles. The van der Waals surface area contributed by atoms with Crippen molar-refractivity contribution >= 4 is 17.3 Å². The zero-order valence-electron chi connectivity index (χ0n) is 11.6. The number of imidazole rings is 1. The van der Waals surface area contributed by atoms with Gasteiger partial charge in [-0.2, -0.15) is 0 Å². The SMILES string of the molecule is CCC1(CNc2nc(NC)cn3ccnc23)CCC1. The van der Waals surface area contributed by atoms with Gasteiger partial charge in [0.05, 0.1) is 6.20 Å². The molecule has 0 amide bonds. The van der Waals surface area contributed by atoms with E-state index < -0.39 is 0 Å². The molecule has 5 nitrogen and oxygen atoms in total. The molecule has 5 heteroatoms. The molecule has 3 rings (SSSR count). The zero-order chi connectivity index (χ0) is 13.3. The maximum atomic E-state index is 4.58. The average Bonchev–Trinajstić information content (AvgIpc) is 2.85. The van der Waals surface area contributed by atoms with Crippen LogP contribution < -0.4 is 10.6 Å². The Balaban J connectivity index is 1.85. The molecule has 0 aliphatic heterocycles. The first-order valence-electron chi connectivity index (χ1n) is 7.02. The van der Waals surface area contributed by atoms with Gasteiger partial charge in [0.1, 0.15) is 5.82 Å². The van der Waals surface area contributed by atoms with Crippen LogP contribution in [-0.4, -0.2) is 28.0 Å². The minimum atomic E-state index is 0.473. The fourth-order valence-electron chi connectivity index (χ4n) is 2.77. The number of fused-ring (bicyclic) bond motifs is 1. The lowest BCUT2D eigenvalue weighted by Gasteiger charge is -2.41. The molecule has 0 unspecified atom stereocenters. The van der Waals surface area contributed by atoms with Gasteiger partial charge in [-0.3, -0.25) is 0 Å². The molecule has 1 fully saturated rings. The third kappa shape index (κ3) is 2.13. The summed E-state index contributed by atoms with van der Waals surface area (Å²) < 4.78 is 2.00. The summed E-state index contributed by atoms with van der Waals surface area (Å²) >= 11 is 0. The van der Waals surface area contributed by atoms with Crippen LogP contribution in [0.5, 0.6) is 0 Å². The van der Waals surface area contributed by atoms with Gasteiger partial charge in [-0.05, 0) is 24.7 Å². The second kappa shape index (κ2) is 4.72. The maximum Gasteiger partial charge on any atom is 0.180 e. The molecular weight excluding hydrogens is 238 g/mol. The van der Waals surface area contributed by atoms with Gasteiger partial charge in [-0.15, -0.1) is 0 Å². The molecule has 0 radical (unpaired) electrons. The van der Waals surface area contributed by atoms with Crippen molar-refractivity contribution in [3.63, 3.8) is 0 Å². The van der Waals surface area contributed by atoms with Crippen molar-refractivity contribution in [1.82, 2.24) is 14.4 Å². The zero-order valence-corrected chi connectivity index (χ0v) is 11.6. The van der Waals surface area contributed by atoms with E-state index >= 15 is 0 Å². The van der Waals surface area contributed by atoms with Gasteiger partial charge in [-0.1, -0.05) is 13.3 Å². The molecule has 2 aromatic heterocycles. The van der Waals surface area contributed by atoms with E-state index in [1.807, 2.05) is 23.8 Å².